The molecule has 0 radical (unpaired) electrons. The van der Waals surface area contributed by atoms with E-state index in [1.807, 2.05) is 39.0 Å². The molecular weight excluding hydrogens is 228 g/mol. The summed E-state index contributed by atoms with van der Waals surface area (Å²) >= 11 is 3.44. The monoisotopic (exact) mass is 240 g/mol. The second kappa shape index (κ2) is 4.47. The molecule has 0 fully saturated rings. The average molecular weight is 241 g/mol. The second-order valence-corrected chi connectivity index (χ2v) is 3.87. The van der Waals surface area contributed by atoms with E-state index in [0.29, 0.717) is 0 Å². The number of hydrogen-bond acceptors (Lipinski definition) is 1. The first-order chi connectivity index (χ1) is 6.15. The van der Waals surface area contributed by atoms with Crippen LogP contribution in [-0.2, 0) is 0 Å². The van der Waals surface area contributed by atoms with Crippen molar-refractivity contribution in [3.05, 3.63) is 40.1 Å². The predicted octanol–water partition coefficient (Wildman–Crippen LogP) is 3.98. The highest BCUT2D eigenvalue weighted by Gasteiger charge is 2.03. The lowest BCUT2D eigenvalue weighted by atomic mass is 10.1. The molecule has 1 aromatic carbocycles. The zero-order chi connectivity index (χ0) is 9.84. The zero-order valence-electron chi connectivity index (χ0n) is 8.10. The van der Waals surface area contributed by atoms with Crippen LogP contribution in [0.25, 0.3) is 0 Å². The minimum atomic E-state index is 0.946. The Labute approximate surface area is 87.5 Å². The third kappa shape index (κ3) is 2.59. The molecule has 2 heteroatoms. The molecule has 0 unspecified atom stereocenters. The van der Waals surface area contributed by atoms with Crippen molar-refractivity contribution in [1.82, 2.24) is 0 Å². The maximum atomic E-state index is 5.47. The van der Waals surface area contributed by atoms with Crippen LogP contribution in [0.15, 0.2) is 28.9 Å². The van der Waals surface area contributed by atoms with Crippen LogP contribution in [-0.4, -0.2) is 0 Å². The van der Waals surface area contributed by atoms with E-state index in [2.05, 4.69) is 15.9 Å². The summed E-state index contributed by atoms with van der Waals surface area (Å²) in [4.78, 5) is 0. The van der Waals surface area contributed by atoms with Crippen LogP contribution in [0.3, 0.4) is 0 Å². The van der Waals surface area contributed by atoms with Gasteiger partial charge in [-0.1, -0.05) is 22.0 Å². The van der Waals surface area contributed by atoms with Crippen molar-refractivity contribution in [3.8, 4) is 5.75 Å². The molecule has 0 atom stereocenters. The predicted molar refractivity (Wildman–Crippen MR) is 59.1 cm³/mol. The molecule has 1 rings (SSSR count). The lowest BCUT2D eigenvalue weighted by molar-refractivity contribution is 0.472. The Morgan fingerprint density at radius 3 is 2.23 bits per heavy atom. The van der Waals surface area contributed by atoms with Gasteiger partial charge in [0.25, 0.3) is 0 Å². The number of aryl methyl sites for hydroxylation is 2. The lowest BCUT2D eigenvalue weighted by Crippen LogP contribution is -1.89. The van der Waals surface area contributed by atoms with Crippen LogP contribution in [0.4, 0.5) is 0 Å². The fourth-order valence-corrected chi connectivity index (χ4v) is 1.91. The first-order valence-electron chi connectivity index (χ1n) is 4.19. The summed E-state index contributed by atoms with van der Waals surface area (Å²) in [5.74, 6) is 0.946. The molecule has 0 aromatic heterocycles. The molecule has 0 bridgehead atoms. The molecule has 13 heavy (non-hydrogen) atoms. The van der Waals surface area contributed by atoms with Crippen LogP contribution < -0.4 is 4.74 Å². The van der Waals surface area contributed by atoms with Crippen LogP contribution in [0.5, 0.6) is 5.75 Å². The largest absolute Gasteiger partial charge is 0.465 e. The number of benzene rings is 1. The van der Waals surface area contributed by atoms with Crippen LogP contribution in [0.2, 0.25) is 0 Å². The molecule has 0 saturated carbocycles. The van der Waals surface area contributed by atoms with Gasteiger partial charge in [0.05, 0.1) is 6.26 Å². The first-order valence-corrected chi connectivity index (χ1v) is 4.99. The Balaban J connectivity index is 3.05. The standard InChI is InChI=1S/C11H13BrO/c1-4-5-13-11-8(2)6-10(12)7-9(11)3/h4-7H,1-3H3/b5-4-. The van der Waals surface area contributed by atoms with Crippen molar-refractivity contribution in [2.45, 2.75) is 20.8 Å². The molecule has 0 amide bonds. The fourth-order valence-electron chi connectivity index (χ4n) is 1.22. The number of allylic oxidation sites excluding steroid dienone is 1. The van der Waals surface area contributed by atoms with E-state index in [-0.39, 0.29) is 0 Å². The van der Waals surface area contributed by atoms with Gasteiger partial charge in [0.1, 0.15) is 5.75 Å². The SMILES string of the molecule is C/C=C\Oc1c(C)cc(Br)cc1C. The smallest absolute Gasteiger partial charge is 0.132 e. The normalized spacial score (nSPS) is 10.8. The third-order valence-electron chi connectivity index (χ3n) is 1.75. The van der Waals surface area contributed by atoms with Crippen LogP contribution >= 0.6 is 15.9 Å². The lowest BCUT2D eigenvalue weighted by Gasteiger charge is -2.08. The molecule has 0 aliphatic carbocycles. The van der Waals surface area contributed by atoms with Gasteiger partial charge in [0.15, 0.2) is 0 Å². The molecule has 0 aliphatic heterocycles. The van der Waals surface area contributed by atoms with Crippen molar-refractivity contribution in [2.24, 2.45) is 0 Å². The van der Waals surface area contributed by atoms with E-state index >= 15 is 0 Å². The van der Waals surface area contributed by atoms with E-state index in [0.717, 1.165) is 21.3 Å². The van der Waals surface area contributed by atoms with E-state index < -0.39 is 0 Å². The molecular formula is C11H13BrO. The van der Waals surface area contributed by atoms with Gasteiger partial charge in [-0.15, -0.1) is 0 Å². The van der Waals surface area contributed by atoms with Gasteiger partial charge in [-0.3, -0.25) is 0 Å². The summed E-state index contributed by atoms with van der Waals surface area (Å²) in [7, 11) is 0. The molecule has 0 N–H and O–H groups in total. The third-order valence-corrected chi connectivity index (χ3v) is 2.20. The summed E-state index contributed by atoms with van der Waals surface area (Å²) in [6.07, 6.45) is 3.57. The molecule has 1 nitrogen and oxygen atoms in total. The highest BCUT2D eigenvalue weighted by atomic mass is 79.9. The van der Waals surface area contributed by atoms with Gasteiger partial charge in [-0.25, -0.2) is 0 Å². The number of rotatable bonds is 2. The second-order valence-electron chi connectivity index (χ2n) is 2.96. The van der Waals surface area contributed by atoms with Crippen molar-refractivity contribution < 1.29 is 4.74 Å². The van der Waals surface area contributed by atoms with Gasteiger partial charge < -0.3 is 4.74 Å². The fraction of sp³-hybridized carbons (Fsp3) is 0.273. The molecule has 70 valence electrons. The van der Waals surface area contributed by atoms with Crippen molar-refractivity contribution in [2.75, 3.05) is 0 Å². The Kier molecular flexibility index (Phi) is 3.55. The number of ether oxygens (including phenoxy) is 1. The summed E-state index contributed by atoms with van der Waals surface area (Å²) in [6.45, 7) is 6.01. The summed E-state index contributed by atoms with van der Waals surface area (Å²) in [5, 5.41) is 0. The maximum absolute atomic E-state index is 5.47. The average Bonchev–Trinajstić information content (AvgIpc) is 2.02. The zero-order valence-corrected chi connectivity index (χ0v) is 9.68. The van der Waals surface area contributed by atoms with Crippen molar-refractivity contribution >= 4 is 15.9 Å². The molecule has 0 saturated heterocycles. The van der Waals surface area contributed by atoms with Gasteiger partial charge in [-0.05, 0) is 44.0 Å². The highest BCUT2D eigenvalue weighted by Crippen LogP contribution is 2.27. The van der Waals surface area contributed by atoms with Crippen molar-refractivity contribution in [3.63, 3.8) is 0 Å². The number of hydrogen-bond donors (Lipinski definition) is 0. The van der Waals surface area contributed by atoms with Gasteiger partial charge >= 0.3 is 0 Å². The summed E-state index contributed by atoms with van der Waals surface area (Å²) in [6, 6.07) is 4.09. The van der Waals surface area contributed by atoms with Crippen LogP contribution in [0, 0.1) is 13.8 Å². The highest BCUT2D eigenvalue weighted by molar-refractivity contribution is 9.10. The minimum Gasteiger partial charge on any atom is -0.465 e. The molecule has 1 aromatic rings. The Hall–Kier alpha value is -0.760. The van der Waals surface area contributed by atoms with Gasteiger partial charge in [0.2, 0.25) is 0 Å². The topological polar surface area (TPSA) is 9.23 Å². The van der Waals surface area contributed by atoms with E-state index in [4.69, 9.17) is 4.74 Å². The Bertz CT molecular complexity index is 306. The minimum absolute atomic E-state index is 0.946. The summed E-state index contributed by atoms with van der Waals surface area (Å²) in [5.41, 5.74) is 2.29. The van der Waals surface area contributed by atoms with E-state index in [1.165, 1.54) is 0 Å². The number of halogens is 1. The molecule has 0 heterocycles. The Morgan fingerprint density at radius 2 is 1.77 bits per heavy atom. The maximum Gasteiger partial charge on any atom is 0.132 e. The van der Waals surface area contributed by atoms with E-state index in [9.17, 15) is 0 Å². The van der Waals surface area contributed by atoms with Crippen LogP contribution in [0.1, 0.15) is 18.1 Å². The van der Waals surface area contributed by atoms with Gasteiger partial charge in [0, 0.05) is 4.47 Å². The Morgan fingerprint density at radius 1 is 1.23 bits per heavy atom. The molecule has 0 aliphatic rings. The molecule has 0 spiro atoms. The van der Waals surface area contributed by atoms with Crippen molar-refractivity contribution in [1.29, 1.82) is 0 Å². The first kappa shape index (κ1) is 10.3. The summed E-state index contributed by atoms with van der Waals surface area (Å²) < 4.78 is 6.56. The quantitative estimate of drug-likeness (QED) is 0.711. The van der Waals surface area contributed by atoms with Gasteiger partial charge in [-0.2, -0.15) is 0 Å². The van der Waals surface area contributed by atoms with E-state index in [1.54, 1.807) is 6.26 Å².